The van der Waals surface area contributed by atoms with Crippen LogP contribution in [0.3, 0.4) is 0 Å². The van der Waals surface area contributed by atoms with E-state index in [4.69, 9.17) is 27.9 Å². The first-order valence-corrected chi connectivity index (χ1v) is 17.5. The number of amides is 2. The highest BCUT2D eigenvalue weighted by Crippen LogP contribution is 2.28. The third-order valence-corrected chi connectivity index (χ3v) is 9.78. The topological polar surface area (TPSA) is 96.0 Å². The fourth-order valence-electron chi connectivity index (χ4n) is 4.92. The first-order chi connectivity index (χ1) is 22.5. The Hall–Kier alpha value is -4.05. The van der Waals surface area contributed by atoms with Crippen molar-refractivity contribution in [2.24, 2.45) is 5.92 Å². The number of sulfonamides is 1. The Morgan fingerprint density at radius 1 is 0.851 bits per heavy atom. The molecule has 0 saturated heterocycles. The predicted molar refractivity (Wildman–Crippen MR) is 187 cm³/mol. The molecule has 0 aromatic heterocycles. The molecule has 4 aromatic rings. The molecule has 1 atom stereocenters. The first kappa shape index (κ1) is 35.8. The van der Waals surface area contributed by atoms with Crippen LogP contribution in [0.5, 0.6) is 5.75 Å². The highest BCUT2D eigenvalue weighted by atomic mass is 35.5. The zero-order chi connectivity index (χ0) is 34.0. The number of hydrogen-bond acceptors (Lipinski definition) is 5. The van der Waals surface area contributed by atoms with Crippen molar-refractivity contribution in [1.82, 2.24) is 10.2 Å². The van der Waals surface area contributed by atoms with E-state index in [1.165, 1.54) is 29.2 Å². The van der Waals surface area contributed by atoms with Crippen molar-refractivity contribution in [3.63, 3.8) is 0 Å². The number of halogens is 2. The number of carbonyl (C=O) groups excluding carboxylic acids is 2. The monoisotopic (exact) mass is 695 g/mol. The van der Waals surface area contributed by atoms with Crippen LogP contribution < -0.4 is 14.4 Å². The maximum absolute atomic E-state index is 14.6. The molecule has 0 heterocycles. The van der Waals surface area contributed by atoms with Crippen molar-refractivity contribution in [3.8, 4) is 5.75 Å². The zero-order valence-corrected chi connectivity index (χ0v) is 28.9. The highest BCUT2D eigenvalue weighted by molar-refractivity contribution is 7.92. The molecule has 0 aliphatic heterocycles. The summed E-state index contributed by atoms with van der Waals surface area (Å²) in [6.45, 7) is 6.03. The number of hydrogen-bond donors (Lipinski definition) is 1. The van der Waals surface area contributed by atoms with Gasteiger partial charge in [0.2, 0.25) is 11.8 Å². The minimum Gasteiger partial charge on any atom is -0.494 e. The molecule has 1 unspecified atom stereocenters. The van der Waals surface area contributed by atoms with E-state index < -0.39 is 28.5 Å². The number of nitrogens with zero attached hydrogens (tertiary/aromatic N) is 2. The molecule has 4 rings (SSSR count). The summed E-state index contributed by atoms with van der Waals surface area (Å²) >= 11 is 12.6. The maximum atomic E-state index is 14.6. The van der Waals surface area contributed by atoms with Gasteiger partial charge in [0.15, 0.2) is 0 Å². The van der Waals surface area contributed by atoms with E-state index in [1.54, 1.807) is 48.5 Å². The largest absolute Gasteiger partial charge is 0.494 e. The summed E-state index contributed by atoms with van der Waals surface area (Å²) in [5, 5.41) is 3.77. The van der Waals surface area contributed by atoms with Crippen molar-refractivity contribution in [2.75, 3.05) is 24.0 Å². The minimum absolute atomic E-state index is 0.0246. The molecule has 8 nitrogen and oxygen atoms in total. The smallest absolute Gasteiger partial charge is 0.264 e. The van der Waals surface area contributed by atoms with E-state index >= 15 is 0 Å². The molecule has 11 heteroatoms. The standard InChI is InChI=1S/C36H39Cl2N3O5S/c1-4-46-31-18-16-30(17-19-31)41(47(44,45)32-20-14-29(37)15-21-32)25-35(42)40(24-28-12-8-9-13-33(28)38)34(36(43)39-23-26(2)3)22-27-10-6-5-7-11-27/h5-21,26,34H,4,22-25H2,1-3H3,(H,39,43). The van der Waals surface area contributed by atoms with Gasteiger partial charge in [0.25, 0.3) is 10.0 Å². The average molecular weight is 697 g/mol. The van der Waals surface area contributed by atoms with Crippen molar-refractivity contribution in [1.29, 1.82) is 0 Å². The molecule has 4 aromatic carbocycles. The second-order valence-corrected chi connectivity index (χ2v) is 14.1. The molecule has 0 saturated carbocycles. The van der Waals surface area contributed by atoms with Crippen molar-refractivity contribution in [3.05, 3.63) is 124 Å². The normalized spacial score (nSPS) is 12.0. The third kappa shape index (κ3) is 9.73. The van der Waals surface area contributed by atoms with E-state index in [9.17, 15) is 18.0 Å². The number of carbonyl (C=O) groups is 2. The Balaban J connectivity index is 1.80. The van der Waals surface area contributed by atoms with E-state index in [2.05, 4.69) is 5.32 Å². The summed E-state index contributed by atoms with van der Waals surface area (Å²) in [5.74, 6) is -0.215. The number of nitrogens with one attached hydrogen (secondary N) is 1. The molecule has 0 aliphatic carbocycles. The van der Waals surface area contributed by atoms with Crippen LogP contribution >= 0.6 is 23.2 Å². The van der Waals surface area contributed by atoms with Gasteiger partial charge in [0, 0.05) is 29.6 Å². The summed E-state index contributed by atoms with van der Waals surface area (Å²) in [7, 11) is -4.27. The molecular formula is C36H39Cl2N3O5S. The number of rotatable bonds is 15. The van der Waals surface area contributed by atoms with Gasteiger partial charge >= 0.3 is 0 Å². The Morgan fingerprint density at radius 3 is 2.11 bits per heavy atom. The van der Waals surface area contributed by atoms with Gasteiger partial charge in [0.05, 0.1) is 17.2 Å². The second kappa shape index (κ2) is 16.7. The third-order valence-electron chi connectivity index (χ3n) is 7.37. The SMILES string of the molecule is CCOc1ccc(N(CC(=O)N(Cc2ccccc2Cl)C(Cc2ccccc2)C(=O)NCC(C)C)S(=O)(=O)c2ccc(Cl)cc2)cc1. The van der Waals surface area contributed by atoms with E-state index in [-0.39, 0.29) is 35.4 Å². The fourth-order valence-corrected chi connectivity index (χ4v) is 6.66. The van der Waals surface area contributed by atoms with Crippen molar-refractivity contribution < 1.29 is 22.7 Å². The molecule has 248 valence electrons. The lowest BCUT2D eigenvalue weighted by atomic mass is 10.0. The fraction of sp³-hybridized carbons (Fsp3) is 0.278. The molecule has 0 radical (unpaired) electrons. The van der Waals surface area contributed by atoms with E-state index in [0.717, 1.165) is 9.87 Å². The van der Waals surface area contributed by atoms with Crippen LogP contribution in [0.25, 0.3) is 0 Å². The molecule has 0 fully saturated rings. The lowest BCUT2D eigenvalue weighted by molar-refractivity contribution is -0.140. The Morgan fingerprint density at radius 2 is 1.49 bits per heavy atom. The summed E-state index contributed by atoms with van der Waals surface area (Å²) in [5.41, 5.74) is 1.70. The number of anilines is 1. The lowest BCUT2D eigenvalue weighted by Gasteiger charge is -2.34. The van der Waals surface area contributed by atoms with E-state index in [0.29, 0.717) is 34.5 Å². The molecular weight excluding hydrogens is 657 g/mol. The quantitative estimate of drug-likeness (QED) is 0.145. The highest BCUT2D eigenvalue weighted by Gasteiger charge is 2.35. The summed E-state index contributed by atoms with van der Waals surface area (Å²) < 4.78 is 35.0. The van der Waals surface area contributed by atoms with Crippen molar-refractivity contribution in [2.45, 2.75) is 44.7 Å². The predicted octanol–water partition coefficient (Wildman–Crippen LogP) is 7.00. The van der Waals surface area contributed by atoms with Gasteiger partial charge in [-0.3, -0.25) is 13.9 Å². The van der Waals surface area contributed by atoms with Crippen LogP contribution in [0.1, 0.15) is 31.9 Å². The molecule has 1 N–H and O–H groups in total. The van der Waals surface area contributed by atoms with Gasteiger partial charge in [-0.05, 0) is 78.6 Å². The van der Waals surface area contributed by atoms with Crippen molar-refractivity contribution >= 4 is 50.7 Å². The van der Waals surface area contributed by atoms with Gasteiger partial charge in [0.1, 0.15) is 18.3 Å². The Kier molecular flexibility index (Phi) is 12.7. The van der Waals surface area contributed by atoms with Crippen LogP contribution in [0.4, 0.5) is 5.69 Å². The number of benzene rings is 4. The molecule has 2 amide bonds. The van der Waals surface area contributed by atoms with E-state index in [1.807, 2.05) is 51.1 Å². The Labute approximate surface area is 287 Å². The van der Waals surface area contributed by atoms with Crippen LogP contribution in [0.2, 0.25) is 10.0 Å². The molecule has 0 spiro atoms. The van der Waals surface area contributed by atoms with Gasteiger partial charge in [-0.1, -0.05) is 85.6 Å². The lowest BCUT2D eigenvalue weighted by Crippen LogP contribution is -2.53. The summed E-state index contributed by atoms with van der Waals surface area (Å²) in [6.07, 6.45) is 0.202. The summed E-state index contributed by atoms with van der Waals surface area (Å²) in [6, 6.07) is 27.7. The zero-order valence-electron chi connectivity index (χ0n) is 26.6. The number of ether oxygens (including phenoxy) is 1. The van der Waals surface area contributed by atoms with Gasteiger partial charge in [-0.2, -0.15) is 0 Å². The Bertz CT molecular complexity index is 1730. The van der Waals surface area contributed by atoms with Gasteiger partial charge in [-0.25, -0.2) is 8.42 Å². The average Bonchev–Trinajstić information content (AvgIpc) is 3.06. The minimum atomic E-state index is -4.27. The molecule has 0 aliphatic rings. The van der Waals surface area contributed by atoms with Crippen LogP contribution in [0.15, 0.2) is 108 Å². The van der Waals surface area contributed by atoms with Crippen LogP contribution in [0, 0.1) is 5.92 Å². The van der Waals surface area contributed by atoms with Crippen LogP contribution in [-0.4, -0.2) is 50.9 Å². The van der Waals surface area contributed by atoms with Gasteiger partial charge < -0.3 is 15.0 Å². The van der Waals surface area contributed by atoms with Gasteiger partial charge in [-0.15, -0.1) is 0 Å². The maximum Gasteiger partial charge on any atom is 0.264 e. The molecule has 47 heavy (non-hydrogen) atoms. The summed E-state index contributed by atoms with van der Waals surface area (Å²) in [4.78, 5) is 29.8. The first-order valence-electron chi connectivity index (χ1n) is 15.3. The molecule has 0 bridgehead atoms. The second-order valence-electron chi connectivity index (χ2n) is 11.4. The van der Waals surface area contributed by atoms with Crippen LogP contribution in [-0.2, 0) is 32.6 Å².